The molecule has 8 rings (SSSR count). The van der Waals surface area contributed by atoms with Gasteiger partial charge in [-0.25, -0.2) is 38.4 Å². The van der Waals surface area contributed by atoms with Crippen molar-refractivity contribution in [1.29, 1.82) is 0 Å². The number of cyclic esters (lactones) is 4. The first-order valence-corrected chi connectivity index (χ1v) is 17.1. The molecule has 0 spiro atoms. The van der Waals surface area contributed by atoms with E-state index in [1.54, 1.807) is 30.3 Å². The molecule has 0 amide bonds. The van der Waals surface area contributed by atoms with Gasteiger partial charge in [-0.2, -0.15) is 0 Å². The molecular formula is C44H22O14. The summed E-state index contributed by atoms with van der Waals surface area (Å²) in [5.41, 5.74) is 1.54. The molecule has 0 aromatic heterocycles. The van der Waals surface area contributed by atoms with Gasteiger partial charge in [-0.05, 0) is 109 Å². The lowest BCUT2D eigenvalue weighted by Gasteiger charge is -2.13. The Morgan fingerprint density at radius 3 is 1.10 bits per heavy atom. The lowest BCUT2D eigenvalue weighted by molar-refractivity contribution is 0.0425. The molecule has 0 saturated heterocycles. The Bertz CT molecular complexity index is 2750. The second-order valence-corrected chi connectivity index (χ2v) is 12.5. The molecule has 58 heavy (non-hydrogen) atoms. The highest BCUT2D eigenvalue weighted by Crippen LogP contribution is 2.35. The van der Waals surface area contributed by atoms with Crippen molar-refractivity contribution >= 4 is 47.8 Å². The summed E-state index contributed by atoms with van der Waals surface area (Å²) in [5.74, 6) is -6.03. The maximum atomic E-state index is 13.3. The van der Waals surface area contributed by atoms with E-state index in [0.29, 0.717) is 11.1 Å². The third-order valence-electron chi connectivity index (χ3n) is 8.82. The minimum absolute atomic E-state index is 0.0160. The first-order chi connectivity index (χ1) is 28.0. The largest absolute Gasteiger partial charge is 0.423 e. The number of carbonyl (C=O) groups excluding carboxylic acids is 8. The molecular weight excluding hydrogens is 752 g/mol. The quantitative estimate of drug-likeness (QED) is 0.0841. The number of esters is 8. The molecule has 0 atom stereocenters. The molecule has 2 heterocycles. The summed E-state index contributed by atoms with van der Waals surface area (Å²) in [7, 11) is 0. The Labute approximate surface area is 326 Å². The Morgan fingerprint density at radius 1 is 0.345 bits per heavy atom. The molecule has 282 valence electrons. The topological polar surface area (TPSA) is 192 Å². The molecule has 0 bridgehead atoms. The monoisotopic (exact) mass is 774 g/mol. The van der Waals surface area contributed by atoms with E-state index in [1.807, 2.05) is 0 Å². The fourth-order valence-corrected chi connectivity index (χ4v) is 5.90. The smallest absolute Gasteiger partial charge is 0.347 e. The highest BCUT2D eigenvalue weighted by atomic mass is 16.6. The molecule has 0 aliphatic carbocycles. The Balaban J connectivity index is 0.927. The number of hydrogen-bond donors (Lipinski definition) is 0. The highest BCUT2D eigenvalue weighted by Gasteiger charge is 2.31. The van der Waals surface area contributed by atoms with Gasteiger partial charge in [-0.15, -0.1) is 0 Å². The van der Waals surface area contributed by atoms with E-state index in [2.05, 4.69) is 9.47 Å². The van der Waals surface area contributed by atoms with Crippen molar-refractivity contribution in [3.8, 4) is 34.1 Å². The predicted molar refractivity (Wildman–Crippen MR) is 197 cm³/mol. The number of benzene rings is 6. The molecule has 0 fully saturated rings. The van der Waals surface area contributed by atoms with Crippen LogP contribution in [-0.4, -0.2) is 47.8 Å². The maximum absolute atomic E-state index is 13.3. The van der Waals surface area contributed by atoms with Crippen LogP contribution in [0.15, 0.2) is 133 Å². The van der Waals surface area contributed by atoms with Crippen molar-refractivity contribution in [2.24, 2.45) is 0 Å². The zero-order valence-corrected chi connectivity index (χ0v) is 29.4. The van der Waals surface area contributed by atoms with E-state index in [-0.39, 0.29) is 67.5 Å². The predicted octanol–water partition coefficient (Wildman–Crippen LogP) is 6.85. The first-order valence-electron chi connectivity index (χ1n) is 17.1. The Hall–Kier alpha value is -8.52. The molecule has 0 radical (unpaired) electrons. The molecule has 2 aliphatic heterocycles. The van der Waals surface area contributed by atoms with E-state index in [4.69, 9.17) is 18.9 Å². The summed E-state index contributed by atoms with van der Waals surface area (Å²) >= 11 is 0. The van der Waals surface area contributed by atoms with Crippen LogP contribution in [0.3, 0.4) is 0 Å². The third-order valence-corrected chi connectivity index (χ3v) is 8.82. The van der Waals surface area contributed by atoms with E-state index < -0.39 is 47.8 Å². The molecule has 0 unspecified atom stereocenters. The van der Waals surface area contributed by atoms with Crippen molar-refractivity contribution < 1.29 is 66.8 Å². The van der Waals surface area contributed by atoms with Crippen LogP contribution in [0.2, 0.25) is 0 Å². The van der Waals surface area contributed by atoms with Gasteiger partial charge in [-0.1, -0.05) is 30.3 Å². The van der Waals surface area contributed by atoms with Gasteiger partial charge in [0, 0.05) is 5.56 Å². The minimum Gasteiger partial charge on any atom is -0.423 e. The van der Waals surface area contributed by atoms with Crippen LogP contribution in [0, 0.1) is 0 Å². The van der Waals surface area contributed by atoms with Gasteiger partial charge in [0.25, 0.3) is 0 Å². The SMILES string of the molecule is O=C(Oc1ccc2c(c1)C(=O)OC2=O)c1ccc(C(=O)Oc2ccc(OC(=O)c3ccc(C(=O)Oc4ccc5c(c4)C(=O)OC5=O)cc3)c(-c3ccccc3)c2)cc1. The fraction of sp³-hybridized carbons (Fsp3) is 0. The fourth-order valence-electron chi connectivity index (χ4n) is 5.90. The lowest BCUT2D eigenvalue weighted by Crippen LogP contribution is -2.12. The van der Waals surface area contributed by atoms with E-state index in [1.165, 1.54) is 103 Å². The van der Waals surface area contributed by atoms with Crippen LogP contribution in [0.1, 0.15) is 82.9 Å². The highest BCUT2D eigenvalue weighted by molar-refractivity contribution is 6.15. The van der Waals surface area contributed by atoms with Gasteiger partial charge in [-0.3, -0.25) is 0 Å². The van der Waals surface area contributed by atoms with Crippen molar-refractivity contribution in [2.45, 2.75) is 0 Å². The van der Waals surface area contributed by atoms with Crippen LogP contribution < -0.4 is 18.9 Å². The van der Waals surface area contributed by atoms with Crippen LogP contribution in [-0.2, 0) is 9.47 Å². The average Bonchev–Trinajstić information content (AvgIpc) is 3.69. The lowest BCUT2D eigenvalue weighted by atomic mass is 10.0. The normalized spacial score (nSPS) is 12.5. The first kappa shape index (κ1) is 36.5. The number of hydrogen-bond acceptors (Lipinski definition) is 14. The van der Waals surface area contributed by atoms with Crippen molar-refractivity contribution in [1.82, 2.24) is 0 Å². The summed E-state index contributed by atoms with van der Waals surface area (Å²) < 4.78 is 31.1. The average molecular weight is 775 g/mol. The number of ether oxygens (including phenoxy) is 6. The van der Waals surface area contributed by atoms with Crippen molar-refractivity contribution in [3.63, 3.8) is 0 Å². The zero-order valence-electron chi connectivity index (χ0n) is 29.4. The van der Waals surface area contributed by atoms with Gasteiger partial charge in [0.1, 0.15) is 23.0 Å². The summed E-state index contributed by atoms with van der Waals surface area (Å²) in [4.78, 5) is 99.0. The van der Waals surface area contributed by atoms with Gasteiger partial charge in [0.15, 0.2) is 0 Å². The molecule has 6 aromatic rings. The molecule has 6 aromatic carbocycles. The summed E-state index contributed by atoms with van der Waals surface area (Å²) in [6.07, 6.45) is 0. The molecule has 2 aliphatic rings. The molecule has 14 heteroatoms. The van der Waals surface area contributed by atoms with Gasteiger partial charge >= 0.3 is 47.8 Å². The summed E-state index contributed by atoms with van der Waals surface area (Å²) in [5, 5.41) is 0. The third kappa shape index (κ3) is 7.31. The van der Waals surface area contributed by atoms with Crippen LogP contribution in [0.25, 0.3) is 11.1 Å². The number of fused-ring (bicyclic) bond motifs is 2. The number of rotatable bonds is 9. The van der Waals surface area contributed by atoms with Crippen LogP contribution in [0.4, 0.5) is 0 Å². The molecule has 0 saturated carbocycles. The van der Waals surface area contributed by atoms with Crippen molar-refractivity contribution in [2.75, 3.05) is 0 Å². The van der Waals surface area contributed by atoms with Gasteiger partial charge in [0.2, 0.25) is 0 Å². The zero-order chi connectivity index (χ0) is 40.5. The van der Waals surface area contributed by atoms with E-state index >= 15 is 0 Å². The van der Waals surface area contributed by atoms with E-state index in [9.17, 15) is 38.4 Å². The second kappa shape index (κ2) is 15.0. The maximum Gasteiger partial charge on any atom is 0.347 e. The molecule has 14 nitrogen and oxygen atoms in total. The van der Waals surface area contributed by atoms with Crippen LogP contribution in [0.5, 0.6) is 23.0 Å². The molecule has 0 N–H and O–H groups in total. The Kier molecular flexibility index (Phi) is 9.40. The van der Waals surface area contributed by atoms with Crippen LogP contribution >= 0.6 is 0 Å². The second-order valence-electron chi connectivity index (χ2n) is 12.5. The number of carbonyl (C=O) groups is 8. The standard InChI is InChI=1S/C44H22O14/c45-37(53-28-14-17-31-34(21-28)43(51)57-41(31)49)24-6-8-25(9-7-24)39(47)55-30-16-19-36(33(20-30)23-4-2-1-3-5-23)56-40(48)27-12-10-26(11-13-27)38(46)54-29-15-18-32-35(22-29)44(52)58-42(32)50/h1-22H. The van der Waals surface area contributed by atoms with Gasteiger partial charge < -0.3 is 28.4 Å². The van der Waals surface area contributed by atoms with E-state index in [0.717, 1.165) is 0 Å². The summed E-state index contributed by atoms with van der Waals surface area (Å²) in [6.45, 7) is 0. The Morgan fingerprint density at radius 2 is 0.690 bits per heavy atom. The van der Waals surface area contributed by atoms with Crippen molar-refractivity contribution in [3.05, 3.63) is 178 Å². The minimum atomic E-state index is -0.843. The van der Waals surface area contributed by atoms with Gasteiger partial charge in [0.05, 0.1) is 44.5 Å². The summed E-state index contributed by atoms with van der Waals surface area (Å²) in [6, 6.07) is 32.0.